The molecule has 0 saturated heterocycles. The third-order valence-electron chi connectivity index (χ3n) is 3.55. The molecule has 0 fully saturated rings. The summed E-state index contributed by atoms with van der Waals surface area (Å²) < 4.78 is 1.70. The fraction of sp³-hybridized carbons (Fsp3) is 0.421. The molecule has 1 heterocycles. The Bertz CT molecular complexity index is 730. The van der Waals surface area contributed by atoms with E-state index in [0.29, 0.717) is 17.9 Å². The molecule has 2 N–H and O–H groups in total. The first kappa shape index (κ1) is 18.7. The van der Waals surface area contributed by atoms with E-state index in [9.17, 15) is 9.59 Å². The molecule has 0 aliphatic rings. The van der Waals surface area contributed by atoms with Crippen LogP contribution >= 0.6 is 0 Å². The van der Waals surface area contributed by atoms with Gasteiger partial charge in [-0.15, -0.1) is 0 Å². The van der Waals surface area contributed by atoms with Crippen LogP contribution in [0, 0.1) is 0 Å². The van der Waals surface area contributed by atoms with Gasteiger partial charge in [0.15, 0.2) is 5.82 Å². The minimum Gasteiger partial charge on any atom is -0.346 e. The van der Waals surface area contributed by atoms with Gasteiger partial charge in [-0.2, -0.15) is 0 Å². The van der Waals surface area contributed by atoms with Crippen LogP contribution in [0.5, 0.6) is 0 Å². The van der Waals surface area contributed by atoms with Crippen molar-refractivity contribution in [2.24, 2.45) is 0 Å². The molecule has 1 aromatic heterocycles. The van der Waals surface area contributed by atoms with Crippen molar-refractivity contribution in [2.75, 3.05) is 5.32 Å². The lowest BCUT2D eigenvalue weighted by molar-refractivity contribution is 0.0909. The molecule has 2 rings (SSSR count). The minimum atomic E-state index is -0.358. The van der Waals surface area contributed by atoms with Crippen LogP contribution < -0.4 is 10.6 Å². The van der Waals surface area contributed by atoms with Gasteiger partial charge in [-0.05, 0) is 39.3 Å². The van der Waals surface area contributed by atoms with E-state index in [4.69, 9.17) is 0 Å². The molecule has 2 aromatic rings. The Morgan fingerprint density at radius 3 is 2.40 bits per heavy atom. The maximum atomic E-state index is 12.6. The number of carbonyl (C=O) groups is 2. The molecule has 0 aliphatic heterocycles. The van der Waals surface area contributed by atoms with E-state index in [0.717, 1.165) is 12.8 Å². The Labute approximate surface area is 148 Å². The zero-order valence-corrected chi connectivity index (χ0v) is 15.3. The molecule has 6 heteroatoms. The third kappa shape index (κ3) is 5.17. The first-order valence-electron chi connectivity index (χ1n) is 8.56. The zero-order chi connectivity index (χ0) is 18.4. The van der Waals surface area contributed by atoms with E-state index in [-0.39, 0.29) is 23.2 Å². The molecular formula is C19H26N4O2. The molecule has 2 amide bonds. The summed E-state index contributed by atoms with van der Waals surface area (Å²) in [7, 11) is 0. The smallest absolute Gasteiger partial charge is 0.291 e. The van der Waals surface area contributed by atoms with Crippen LogP contribution in [0.1, 0.15) is 61.6 Å². The second-order valence-corrected chi connectivity index (χ2v) is 7.00. The van der Waals surface area contributed by atoms with Crippen LogP contribution in [0.3, 0.4) is 0 Å². The average Bonchev–Trinajstić information content (AvgIpc) is 2.96. The topological polar surface area (TPSA) is 76.0 Å². The molecule has 1 aromatic carbocycles. The molecule has 0 spiro atoms. The summed E-state index contributed by atoms with van der Waals surface area (Å²) in [6.07, 6.45) is 3.28. The van der Waals surface area contributed by atoms with Gasteiger partial charge in [-0.1, -0.05) is 31.5 Å². The number of hydrogen-bond donors (Lipinski definition) is 2. The van der Waals surface area contributed by atoms with Crippen molar-refractivity contribution in [2.45, 2.75) is 52.6 Å². The Morgan fingerprint density at radius 2 is 1.80 bits per heavy atom. The first-order valence-corrected chi connectivity index (χ1v) is 8.56. The fourth-order valence-electron chi connectivity index (χ4n) is 2.39. The van der Waals surface area contributed by atoms with Gasteiger partial charge in [0.2, 0.25) is 0 Å². The maximum absolute atomic E-state index is 12.6. The second kappa shape index (κ2) is 7.96. The standard InChI is InChI=1S/C19H26N4O2/c1-5-6-12-23-15(17(24)22-19(2,3)4)13-20-16(23)18(25)21-14-10-8-7-9-11-14/h7-11,13H,5-6,12H2,1-4H3,(H,21,25)(H,22,24). The van der Waals surface area contributed by atoms with Gasteiger partial charge in [0, 0.05) is 17.8 Å². The van der Waals surface area contributed by atoms with Crippen LogP contribution in [0.2, 0.25) is 0 Å². The van der Waals surface area contributed by atoms with Crippen molar-refractivity contribution in [3.63, 3.8) is 0 Å². The van der Waals surface area contributed by atoms with Crippen LogP contribution in [0.4, 0.5) is 5.69 Å². The van der Waals surface area contributed by atoms with Crippen molar-refractivity contribution >= 4 is 17.5 Å². The van der Waals surface area contributed by atoms with E-state index < -0.39 is 0 Å². The number of amides is 2. The number of aromatic nitrogens is 2. The molecule has 0 bridgehead atoms. The summed E-state index contributed by atoms with van der Waals surface area (Å²) in [4.78, 5) is 29.3. The van der Waals surface area contributed by atoms with Gasteiger partial charge in [-0.25, -0.2) is 4.98 Å². The number of nitrogens with one attached hydrogen (secondary N) is 2. The second-order valence-electron chi connectivity index (χ2n) is 7.00. The van der Waals surface area contributed by atoms with Crippen LogP contribution in [-0.2, 0) is 6.54 Å². The number of nitrogens with zero attached hydrogens (tertiary/aromatic N) is 2. The summed E-state index contributed by atoms with van der Waals surface area (Å²) in [6.45, 7) is 8.39. The number of imidazole rings is 1. The Kier molecular flexibility index (Phi) is 5.96. The van der Waals surface area contributed by atoms with E-state index in [1.54, 1.807) is 4.57 Å². The van der Waals surface area contributed by atoms with Crippen molar-refractivity contribution in [3.8, 4) is 0 Å². The number of para-hydroxylation sites is 1. The Hall–Kier alpha value is -2.63. The maximum Gasteiger partial charge on any atom is 0.291 e. The van der Waals surface area contributed by atoms with Gasteiger partial charge in [0.25, 0.3) is 11.8 Å². The largest absolute Gasteiger partial charge is 0.346 e. The molecule has 0 saturated carbocycles. The average molecular weight is 342 g/mol. The number of benzene rings is 1. The highest BCUT2D eigenvalue weighted by atomic mass is 16.2. The minimum absolute atomic E-state index is 0.227. The van der Waals surface area contributed by atoms with Crippen LogP contribution in [-0.4, -0.2) is 26.9 Å². The van der Waals surface area contributed by atoms with E-state index >= 15 is 0 Å². The van der Waals surface area contributed by atoms with Gasteiger partial charge < -0.3 is 15.2 Å². The monoisotopic (exact) mass is 342 g/mol. The number of rotatable bonds is 6. The number of carbonyl (C=O) groups excluding carboxylic acids is 2. The molecule has 0 radical (unpaired) electrons. The van der Waals surface area contributed by atoms with E-state index in [1.807, 2.05) is 51.1 Å². The van der Waals surface area contributed by atoms with Gasteiger partial charge in [-0.3, -0.25) is 9.59 Å². The first-order chi connectivity index (χ1) is 11.8. The number of hydrogen-bond acceptors (Lipinski definition) is 3. The molecule has 25 heavy (non-hydrogen) atoms. The summed E-state index contributed by atoms with van der Waals surface area (Å²) in [5, 5.41) is 5.74. The lowest BCUT2D eigenvalue weighted by Crippen LogP contribution is -2.41. The summed E-state index contributed by atoms with van der Waals surface area (Å²) in [6, 6.07) is 9.20. The summed E-state index contributed by atoms with van der Waals surface area (Å²) in [5.74, 6) is -0.302. The number of anilines is 1. The van der Waals surface area contributed by atoms with Crippen molar-refractivity contribution < 1.29 is 9.59 Å². The normalized spacial score (nSPS) is 11.2. The third-order valence-corrected chi connectivity index (χ3v) is 3.55. The summed E-state index contributed by atoms with van der Waals surface area (Å²) in [5.41, 5.74) is 0.739. The molecule has 134 valence electrons. The molecular weight excluding hydrogens is 316 g/mol. The Balaban J connectivity index is 2.28. The van der Waals surface area contributed by atoms with Crippen molar-refractivity contribution in [1.82, 2.24) is 14.9 Å². The molecule has 0 unspecified atom stereocenters. The van der Waals surface area contributed by atoms with E-state index in [1.165, 1.54) is 6.20 Å². The van der Waals surface area contributed by atoms with Gasteiger partial charge in [0.05, 0.1) is 6.20 Å². The molecule has 0 atom stereocenters. The SMILES string of the molecule is CCCCn1c(C(=O)NC(C)(C)C)cnc1C(=O)Nc1ccccc1. The molecule has 0 aliphatic carbocycles. The van der Waals surface area contributed by atoms with Crippen molar-refractivity contribution in [3.05, 3.63) is 48.0 Å². The summed E-state index contributed by atoms with van der Waals surface area (Å²) >= 11 is 0. The number of unbranched alkanes of at least 4 members (excludes halogenated alkanes) is 1. The van der Waals surface area contributed by atoms with Crippen LogP contribution in [0.15, 0.2) is 36.5 Å². The highest BCUT2D eigenvalue weighted by Crippen LogP contribution is 2.13. The molecule has 6 nitrogen and oxygen atoms in total. The van der Waals surface area contributed by atoms with Gasteiger partial charge in [0.1, 0.15) is 5.69 Å². The zero-order valence-electron chi connectivity index (χ0n) is 15.3. The Morgan fingerprint density at radius 1 is 1.12 bits per heavy atom. The lowest BCUT2D eigenvalue weighted by atomic mass is 10.1. The fourth-order valence-corrected chi connectivity index (χ4v) is 2.39. The van der Waals surface area contributed by atoms with Crippen LogP contribution in [0.25, 0.3) is 0 Å². The quantitative estimate of drug-likeness (QED) is 0.844. The highest BCUT2D eigenvalue weighted by Gasteiger charge is 2.23. The van der Waals surface area contributed by atoms with Crippen molar-refractivity contribution in [1.29, 1.82) is 0 Å². The predicted octanol–water partition coefficient (Wildman–Crippen LogP) is 3.46. The lowest BCUT2D eigenvalue weighted by Gasteiger charge is -2.21. The predicted molar refractivity (Wildman–Crippen MR) is 98.7 cm³/mol. The van der Waals surface area contributed by atoms with Gasteiger partial charge >= 0.3 is 0 Å². The van der Waals surface area contributed by atoms with E-state index in [2.05, 4.69) is 22.5 Å². The highest BCUT2D eigenvalue weighted by molar-refractivity contribution is 6.03.